The molecule has 3 aromatic rings. The third-order valence-electron chi connectivity index (χ3n) is 3.67. The average Bonchev–Trinajstić information content (AvgIpc) is 2.93. The summed E-state index contributed by atoms with van der Waals surface area (Å²) in [6, 6.07) is 11.2. The first-order valence-electron chi connectivity index (χ1n) is 7.50. The molecular formula is C16H17ClN4O2S. The second kappa shape index (κ2) is 6.88. The van der Waals surface area contributed by atoms with Crippen LogP contribution in [0, 0.1) is 0 Å². The number of imidazole rings is 1. The number of hydrogen-bond donors (Lipinski definition) is 1. The van der Waals surface area contributed by atoms with E-state index in [1.54, 1.807) is 13.1 Å². The Bertz CT molecular complexity index is 952. The van der Waals surface area contributed by atoms with Gasteiger partial charge in [-0.25, -0.2) is 23.1 Å². The second-order valence-electron chi connectivity index (χ2n) is 5.31. The zero-order valence-corrected chi connectivity index (χ0v) is 14.7. The van der Waals surface area contributed by atoms with Crippen molar-refractivity contribution in [1.29, 1.82) is 0 Å². The molecule has 0 atom stereocenters. The van der Waals surface area contributed by atoms with Crippen LogP contribution in [0.2, 0.25) is 5.02 Å². The van der Waals surface area contributed by atoms with Crippen LogP contribution in [-0.2, 0) is 23.1 Å². The first kappa shape index (κ1) is 16.9. The Labute approximate surface area is 145 Å². The van der Waals surface area contributed by atoms with Gasteiger partial charge in [-0.3, -0.25) is 0 Å². The molecule has 24 heavy (non-hydrogen) atoms. The highest BCUT2D eigenvalue weighted by Gasteiger charge is 2.14. The number of aromatic nitrogens is 3. The minimum absolute atomic E-state index is 0.0304. The summed E-state index contributed by atoms with van der Waals surface area (Å²) in [5, 5.41) is 0.670. The van der Waals surface area contributed by atoms with Crippen molar-refractivity contribution in [2.75, 3.05) is 5.75 Å². The van der Waals surface area contributed by atoms with E-state index >= 15 is 0 Å². The van der Waals surface area contributed by atoms with E-state index in [2.05, 4.69) is 14.7 Å². The molecule has 0 amide bonds. The van der Waals surface area contributed by atoms with Gasteiger partial charge in [0.25, 0.3) is 0 Å². The van der Waals surface area contributed by atoms with Crippen LogP contribution in [0.5, 0.6) is 0 Å². The minimum atomic E-state index is -3.29. The predicted molar refractivity (Wildman–Crippen MR) is 94.4 cm³/mol. The van der Waals surface area contributed by atoms with Crippen molar-refractivity contribution in [3.63, 3.8) is 0 Å². The Hall–Kier alpha value is -1.96. The Morgan fingerprint density at radius 3 is 2.67 bits per heavy atom. The second-order valence-corrected chi connectivity index (χ2v) is 7.84. The average molecular weight is 365 g/mol. The maximum absolute atomic E-state index is 11.7. The minimum Gasteiger partial charge on any atom is -0.307 e. The van der Waals surface area contributed by atoms with E-state index in [4.69, 9.17) is 11.6 Å². The van der Waals surface area contributed by atoms with E-state index in [-0.39, 0.29) is 12.3 Å². The number of nitrogens with one attached hydrogen (secondary N) is 1. The first-order chi connectivity index (χ1) is 11.5. The number of pyridine rings is 1. The lowest BCUT2D eigenvalue weighted by atomic mass is 10.2. The van der Waals surface area contributed by atoms with Crippen molar-refractivity contribution in [3.05, 3.63) is 59.0 Å². The summed E-state index contributed by atoms with van der Waals surface area (Å²) in [5.41, 5.74) is 2.49. The number of sulfonamides is 1. The van der Waals surface area contributed by atoms with Gasteiger partial charge in [-0.2, -0.15) is 0 Å². The van der Waals surface area contributed by atoms with Gasteiger partial charge in [-0.1, -0.05) is 23.7 Å². The maximum atomic E-state index is 11.7. The SMILES string of the molecule is CCS(=O)(=O)NCc1nc2cccnc2n1Cc1ccc(Cl)cc1. The van der Waals surface area contributed by atoms with Crippen molar-refractivity contribution < 1.29 is 8.42 Å². The van der Waals surface area contributed by atoms with Gasteiger partial charge in [0.15, 0.2) is 5.65 Å². The van der Waals surface area contributed by atoms with Gasteiger partial charge in [0.1, 0.15) is 11.3 Å². The highest BCUT2D eigenvalue weighted by Crippen LogP contribution is 2.17. The summed E-state index contributed by atoms with van der Waals surface area (Å²) >= 11 is 5.93. The lowest BCUT2D eigenvalue weighted by molar-refractivity contribution is 0.578. The lowest BCUT2D eigenvalue weighted by Gasteiger charge is -2.10. The molecule has 1 N–H and O–H groups in total. The molecule has 0 radical (unpaired) electrons. The van der Waals surface area contributed by atoms with Crippen molar-refractivity contribution in [2.24, 2.45) is 0 Å². The maximum Gasteiger partial charge on any atom is 0.211 e. The third kappa shape index (κ3) is 3.75. The smallest absolute Gasteiger partial charge is 0.211 e. The monoisotopic (exact) mass is 364 g/mol. The van der Waals surface area contributed by atoms with Crippen LogP contribution >= 0.6 is 11.6 Å². The molecule has 0 saturated carbocycles. The van der Waals surface area contributed by atoms with E-state index in [9.17, 15) is 8.42 Å². The number of rotatable bonds is 6. The first-order valence-corrected chi connectivity index (χ1v) is 9.53. The van der Waals surface area contributed by atoms with Crippen LogP contribution in [0.3, 0.4) is 0 Å². The van der Waals surface area contributed by atoms with Gasteiger partial charge < -0.3 is 4.57 Å². The molecule has 0 aliphatic rings. The molecule has 0 spiro atoms. The van der Waals surface area contributed by atoms with Crippen LogP contribution in [0.25, 0.3) is 11.2 Å². The number of hydrogen-bond acceptors (Lipinski definition) is 4. The Kier molecular flexibility index (Phi) is 4.84. The molecule has 0 aliphatic heterocycles. The van der Waals surface area contributed by atoms with E-state index in [0.29, 0.717) is 17.4 Å². The van der Waals surface area contributed by atoms with Gasteiger partial charge in [-0.15, -0.1) is 0 Å². The molecule has 0 unspecified atom stereocenters. The van der Waals surface area contributed by atoms with E-state index in [0.717, 1.165) is 16.7 Å². The summed E-state index contributed by atoms with van der Waals surface area (Å²) in [6.45, 7) is 2.26. The summed E-state index contributed by atoms with van der Waals surface area (Å²) < 4.78 is 27.9. The van der Waals surface area contributed by atoms with Gasteiger partial charge in [0.05, 0.1) is 18.8 Å². The van der Waals surface area contributed by atoms with Crippen molar-refractivity contribution in [3.8, 4) is 0 Å². The van der Waals surface area contributed by atoms with Gasteiger partial charge in [0.2, 0.25) is 10.0 Å². The Morgan fingerprint density at radius 1 is 1.21 bits per heavy atom. The molecular weight excluding hydrogens is 348 g/mol. The Balaban J connectivity index is 1.97. The van der Waals surface area contributed by atoms with Crippen LogP contribution in [0.15, 0.2) is 42.6 Å². The van der Waals surface area contributed by atoms with Crippen LogP contribution in [0.1, 0.15) is 18.3 Å². The fourth-order valence-electron chi connectivity index (χ4n) is 2.36. The molecule has 0 aliphatic carbocycles. The fraction of sp³-hybridized carbons (Fsp3) is 0.250. The topological polar surface area (TPSA) is 76.9 Å². The molecule has 3 rings (SSSR count). The molecule has 1 aromatic carbocycles. The zero-order chi connectivity index (χ0) is 17.2. The normalized spacial score (nSPS) is 11.9. The molecule has 0 saturated heterocycles. The number of fused-ring (bicyclic) bond motifs is 1. The quantitative estimate of drug-likeness (QED) is 0.729. The third-order valence-corrected chi connectivity index (χ3v) is 5.26. The van der Waals surface area contributed by atoms with E-state index in [1.165, 1.54) is 0 Å². The van der Waals surface area contributed by atoms with E-state index in [1.807, 2.05) is 41.0 Å². The van der Waals surface area contributed by atoms with Crippen LogP contribution in [-0.4, -0.2) is 28.7 Å². The summed E-state index contributed by atoms with van der Waals surface area (Å²) in [5.74, 6) is 0.651. The number of halogens is 1. The van der Waals surface area contributed by atoms with Crippen molar-refractivity contribution >= 4 is 32.8 Å². The molecule has 2 aromatic heterocycles. The number of nitrogens with zero attached hydrogens (tertiary/aromatic N) is 3. The summed E-state index contributed by atoms with van der Waals surface area (Å²) in [7, 11) is -3.29. The molecule has 2 heterocycles. The van der Waals surface area contributed by atoms with Crippen LogP contribution in [0.4, 0.5) is 0 Å². The van der Waals surface area contributed by atoms with E-state index < -0.39 is 10.0 Å². The predicted octanol–water partition coefficient (Wildman–Crippen LogP) is 2.57. The van der Waals surface area contributed by atoms with Gasteiger partial charge >= 0.3 is 0 Å². The lowest BCUT2D eigenvalue weighted by Crippen LogP contribution is -2.26. The van der Waals surface area contributed by atoms with Gasteiger partial charge in [0, 0.05) is 11.2 Å². The zero-order valence-electron chi connectivity index (χ0n) is 13.1. The largest absolute Gasteiger partial charge is 0.307 e. The molecule has 0 fully saturated rings. The summed E-state index contributed by atoms with van der Waals surface area (Å²) in [6.07, 6.45) is 1.70. The standard InChI is InChI=1S/C16H17ClN4O2S/c1-2-24(22,23)19-10-15-20-14-4-3-9-18-16(14)21(15)11-12-5-7-13(17)8-6-12/h3-9,19H,2,10-11H2,1H3. The summed E-state index contributed by atoms with van der Waals surface area (Å²) in [4.78, 5) is 8.89. The van der Waals surface area contributed by atoms with Gasteiger partial charge in [-0.05, 0) is 36.8 Å². The fourth-order valence-corrected chi connectivity index (χ4v) is 3.03. The molecule has 126 valence electrons. The molecule has 8 heteroatoms. The highest BCUT2D eigenvalue weighted by atomic mass is 35.5. The van der Waals surface area contributed by atoms with Crippen LogP contribution < -0.4 is 4.72 Å². The highest BCUT2D eigenvalue weighted by molar-refractivity contribution is 7.89. The van der Waals surface area contributed by atoms with Crippen molar-refractivity contribution in [1.82, 2.24) is 19.3 Å². The number of benzene rings is 1. The molecule has 0 bridgehead atoms. The Morgan fingerprint density at radius 2 is 1.96 bits per heavy atom. The molecule has 6 nitrogen and oxygen atoms in total. The van der Waals surface area contributed by atoms with Crippen molar-refractivity contribution in [2.45, 2.75) is 20.0 Å².